The number of likely N-dealkylation sites (tertiary alicyclic amines) is 1. The van der Waals surface area contributed by atoms with Gasteiger partial charge in [0.15, 0.2) is 0 Å². The standard InChI is InChI=1S/C19H22BrF3N2/c1-3-14(19(21,22)23)10-7-12-11-5-4-6-15-17(11)13(18(20)24-15)8-16(12)25(2)9-10/h4-6,10,12,14,16,24H,3,7-9H2,1-2H3/t10-,12-,14?,16-/m1/s1. The molecule has 4 atom stereocenters. The molecule has 0 amide bonds. The van der Waals surface area contributed by atoms with Gasteiger partial charge >= 0.3 is 6.18 Å². The predicted molar refractivity (Wildman–Crippen MR) is 96.8 cm³/mol. The van der Waals surface area contributed by atoms with Crippen LogP contribution in [0.25, 0.3) is 10.9 Å². The molecule has 136 valence electrons. The maximum absolute atomic E-state index is 13.5. The van der Waals surface area contributed by atoms with E-state index in [0.29, 0.717) is 13.0 Å². The van der Waals surface area contributed by atoms with Crippen molar-refractivity contribution in [2.75, 3.05) is 13.6 Å². The Morgan fingerprint density at radius 2 is 2.12 bits per heavy atom. The van der Waals surface area contributed by atoms with Gasteiger partial charge in [-0.25, -0.2) is 0 Å². The molecular formula is C19H22BrF3N2. The molecule has 1 aliphatic heterocycles. The van der Waals surface area contributed by atoms with Gasteiger partial charge in [0.05, 0.1) is 10.5 Å². The van der Waals surface area contributed by atoms with Gasteiger partial charge in [-0.2, -0.15) is 13.2 Å². The Morgan fingerprint density at radius 1 is 1.36 bits per heavy atom. The molecule has 1 N–H and O–H groups in total. The van der Waals surface area contributed by atoms with Crippen LogP contribution in [-0.4, -0.2) is 35.7 Å². The molecule has 0 spiro atoms. The molecule has 0 radical (unpaired) electrons. The topological polar surface area (TPSA) is 19.0 Å². The summed E-state index contributed by atoms with van der Waals surface area (Å²) in [6.45, 7) is 2.18. The molecule has 1 saturated heterocycles. The van der Waals surface area contributed by atoms with E-state index in [0.717, 1.165) is 16.5 Å². The van der Waals surface area contributed by atoms with Crippen molar-refractivity contribution in [2.45, 2.75) is 44.3 Å². The monoisotopic (exact) mass is 414 g/mol. The average molecular weight is 415 g/mol. The third kappa shape index (κ3) is 2.72. The number of halogens is 4. The highest BCUT2D eigenvalue weighted by molar-refractivity contribution is 9.10. The first kappa shape index (κ1) is 17.4. The molecule has 4 rings (SSSR count). The van der Waals surface area contributed by atoms with Gasteiger partial charge in [0.25, 0.3) is 0 Å². The molecule has 2 aromatic rings. The lowest BCUT2D eigenvalue weighted by atomic mass is 9.69. The number of hydrogen-bond acceptors (Lipinski definition) is 1. The Balaban J connectivity index is 1.76. The van der Waals surface area contributed by atoms with E-state index >= 15 is 0 Å². The normalized spacial score (nSPS) is 28.2. The molecule has 2 nitrogen and oxygen atoms in total. The third-order valence-electron chi connectivity index (χ3n) is 6.26. The van der Waals surface area contributed by atoms with E-state index in [1.54, 1.807) is 6.92 Å². The van der Waals surface area contributed by atoms with Gasteiger partial charge in [0.2, 0.25) is 0 Å². The van der Waals surface area contributed by atoms with Crippen LogP contribution in [0.2, 0.25) is 0 Å². The van der Waals surface area contributed by atoms with Gasteiger partial charge in [0.1, 0.15) is 0 Å². The number of aromatic nitrogens is 1. The van der Waals surface area contributed by atoms with Crippen LogP contribution in [0.5, 0.6) is 0 Å². The van der Waals surface area contributed by atoms with Crippen molar-refractivity contribution in [1.29, 1.82) is 0 Å². The van der Waals surface area contributed by atoms with E-state index < -0.39 is 12.1 Å². The predicted octanol–water partition coefficient (Wildman–Crippen LogP) is 5.48. The SMILES string of the molecule is CCC([C@@H]1C[C@@H]2c3cccc4[nH]c(Br)c(c34)C[C@H]2N(C)C1)C(F)(F)F. The summed E-state index contributed by atoms with van der Waals surface area (Å²) in [5.74, 6) is -1.39. The van der Waals surface area contributed by atoms with E-state index in [4.69, 9.17) is 0 Å². The number of nitrogens with zero attached hydrogens (tertiary/aromatic N) is 1. The van der Waals surface area contributed by atoms with Crippen molar-refractivity contribution in [3.05, 3.63) is 33.9 Å². The van der Waals surface area contributed by atoms with Crippen molar-refractivity contribution in [3.8, 4) is 0 Å². The molecular weight excluding hydrogens is 393 g/mol. The zero-order valence-electron chi connectivity index (χ0n) is 14.3. The molecule has 0 saturated carbocycles. The summed E-state index contributed by atoms with van der Waals surface area (Å²) in [6, 6.07) is 6.43. The lowest BCUT2D eigenvalue weighted by Gasteiger charge is -2.47. The Hall–Kier alpha value is -1.01. The quantitative estimate of drug-likeness (QED) is 0.689. The summed E-state index contributed by atoms with van der Waals surface area (Å²) < 4.78 is 41.5. The van der Waals surface area contributed by atoms with E-state index in [-0.39, 0.29) is 24.3 Å². The first-order valence-electron chi connectivity index (χ1n) is 8.87. The maximum atomic E-state index is 13.5. The number of alkyl halides is 3. The maximum Gasteiger partial charge on any atom is 0.392 e. The zero-order valence-corrected chi connectivity index (χ0v) is 15.9. The van der Waals surface area contributed by atoms with Crippen molar-refractivity contribution < 1.29 is 13.2 Å². The van der Waals surface area contributed by atoms with E-state index in [9.17, 15) is 13.2 Å². The van der Waals surface area contributed by atoms with Crippen LogP contribution in [0.1, 0.15) is 36.8 Å². The van der Waals surface area contributed by atoms with Gasteiger partial charge in [-0.15, -0.1) is 0 Å². The Labute approximate surface area is 153 Å². The van der Waals surface area contributed by atoms with Crippen LogP contribution in [0.3, 0.4) is 0 Å². The summed E-state index contributed by atoms with van der Waals surface area (Å²) >= 11 is 3.62. The van der Waals surface area contributed by atoms with E-state index in [2.05, 4.69) is 31.9 Å². The Kier molecular flexibility index (Phi) is 4.19. The minimum Gasteiger partial charge on any atom is -0.349 e. The lowest BCUT2D eigenvalue weighted by Crippen LogP contribution is -2.51. The average Bonchev–Trinajstić information content (AvgIpc) is 2.85. The molecule has 1 aromatic carbocycles. The van der Waals surface area contributed by atoms with Crippen LogP contribution in [0, 0.1) is 11.8 Å². The highest BCUT2D eigenvalue weighted by Crippen LogP contribution is 2.49. The van der Waals surface area contributed by atoms with Crippen LogP contribution in [0.15, 0.2) is 22.8 Å². The molecule has 0 bridgehead atoms. The molecule has 2 heterocycles. The Morgan fingerprint density at radius 3 is 2.80 bits per heavy atom. The number of benzene rings is 1. The van der Waals surface area contributed by atoms with E-state index in [1.807, 2.05) is 19.2 Å². The van der Waals surface area contributed by atoms with E-state index in [1.165, 1.54) is 16.5 Å². The molecule has 1 unspecified atom stereocenters. The highest BCUT2D eigenvalue weighted by Gasteiger charge is 2.48. The van der Waals surface area contributed by atoms with Crippen molar-refractivity contribution in [1.82, 2.24) is 9.88 Å². The Bertz CT molecular complexity index is 798. The fourth-order valence-electron chi connectivity index (χ4n) is 5.15. The molecule has 6 heteroatoms. The summed E-state index contributed by atoms with van der Waals surface area (Å²) in [6.07, 6.45) is -2.46. The first-order chi connectivity index (χ1) is 11.8. The lowest BCUT2D eigenvalue weighted by molar-refractivity contribution is -0.195. The number of likely N-dealkylation sites (N-methyl/N-ethyl adjacent to an activating group) is 1. The smallest absolute Gasteiger partial charge is 0.349 e. The fourth-order valence-corrected chi connectivity index (χ4v) is 5.72. The van der Waals surface area contributed by atoms with Gasteiger partial charge < -0.3 is 9.88 Å². The number of fused-ring (bicyclic) bond motifs is 2. The summed E-state index contributed by atoms with van der Waals surface area (Å²) in [5, 5.41) is 1.21. The van der Waals surface area contributed by atoms with Gasteiger partial charge in [-0.1, -0.05) is 19.1 Å². The molecule has 1 aliphatic carbocycles. The number of piperidine rings is 1. The number of rotatable bonds is 2. The molecule has 1 fully saturated rings. The first-order valence-corrected chi connectivity index (χ1v) is 9.66. The minimum atomic E-state index is -4.12. The molecule has 25 heavy (non-hydrogen) atoms. The van der Waals surface area contributed by atoms with Crippen LogP contribution in [0.4, 0.5) is 13.2 Å². The van der Waals surface area contributed by atoms with Crippen molar-refractivity contribution in [2.24, 2.45) is 11.8 Å². The van der Waals surface area contributed by atoms with Crippen molar-refractivity contribution >= 4 is 26.8 Å². The zero-order chi connectivity index (χ0) is 17.9. The second kappa shape index (κ2) is 6.02. The summed E-state index contributed by atoms with van der Waals surface area (Å²) in [5.41, 5.74) is 3.55. The number of H-pyrrole nitrogens is 1. The van der Waals surface area contributed by atoms with Crippen LogP contribution >= 0.6 is 15.9 Å². The minimum absolute atomic E-state index is 0.157. The van der Waals surface area contributed by atoms with Crippen molar-refractivity contribution in [3.63, 3.8) is 0 Å². The van der Waals surface area contributed by atoms with Gasteiger partial charge in [0, 0.05) is 29.4 Å². The number of aromatic amines is 1. The number of nitrogens with one attached hydrogen (secondary N) is 1. The van der Waals surface area contributed by atoms with Gasteiger partial charge in [-0.3, -0.25) is 0 Å². The molecule has 1 aromatic heterocycles. The van der Waals surface area contributed by atoms with Gasteiger partial charge in [-0.05, 0) is 65.4 Å². The third-order valence-corrected chi connectivity index (χ3v) is 6.94. The largest absolute Gasteiger partial charge is 0.392 e. The summed E-state index contributed by atoms with van der Waals surface area (Å²) in [7, 11) is 1.98. The second-order valence-electron chi connectivity index (χ2n) is 7.56. The highest BCUT2D eigenvalue weighted by atomic mass is 79.9. The fraction of sp³-hybridized carbons (Fsp3) is 0.579. The summed E-state index contributed by atoms with van der Waals surface area (Å²) in [4.78, 5) is 5.53. The van der Waals surface area contributed by atoms with Crippen LogP contribution in [-0.2, 0) is 6.42 Å². The second-order valence-corrected chi connectivity index (χ2v) is 8.35. The van der Waals surface area contributed by atoms with Crippen LogP contribution < -0.4 is 0 Å². The molecule has 2 aliphatic rings. The number of hydrogen-bond donors (Lipinski definition) is 1.